The fourth-order valence-electron chi connectivity index (χ4n) is 2.72. The molecule has 0 spiro atoms. The maximum atomic E-state index is 8.97. The Hall–Kier alpha value is -3.98. The van der Waals surface area contributed by atoms with Gasteiger partial charge in [0.2, 0.25) is 0 Å². The molecule has 0 amide bonds. The van der Waals surface area contributed by atoms with Crippen molar-refractivity contribution in [2.45, 2.75) is 0 Å². The van der Waals surface area contributed by atoms with Gasteiger partial charge >= 0.3 is 0 Å². The highest BCUT2D eigenvalue weighted by Crippen LogP contribution is 2.36. The van der Waals surface area contributed by atoms with E-state index in [0.717, 1.165) is 27.9 Å². The second-order valence-electron chi connectivity index (χ2n) is 5.48. The Kier molecular flexibility index (Phi) is 4.11. The van der Waals surface area contributed by atoms with Crippen LogP contribution in [0.2, 0.25) is 0 Å². The minimum Gasteiger partial charge on any atom is -0.265 e. The highest BCUT2D eigenvalue weighted by molar-refractivity contribution is 5.91. The topological polar surface area (TPSA) is 88.2 Å². The summed E-state index contributed by atoms with van der Waals surface area (Å²) < 4.78 is 0. The van der Waals surface area contributed by atoms with Crippen molar-refractivity contribution in [2.75, 3.05) is 0 Å². The smallest absolute Gasteiger partial charge is 0.140 e. The van der Waals surface area contributed by atoms with Crippen LogP contribution >= 0.6 is 0 Å². The van der Waals surface area contributed by atoms with Crippen LogP contribution < -0.4 is 0 Å². The maximum absolute atomic E-state index is 8.97. The molecule has 4 heterocycles. The number of nitrogens with zero attached hydrogens (tertiary/aromatic N) is 6. The lowest BCUT2D eigenvalue weighted by molar-refractivity contribution is 1.03. The lowest BCUT2D eigenvalue weighted by Crippen LogP contribution is -1.98. The normalized spacial score (nSPS) is 10.3. The SMILES string of the molecule is N#Cc1ccc(-c2cnnc(-c3ccccn3)c2-c2ccncc2)cn1. The molecule has 0 unspecified atom stereocenters. The molecule has 4 aromatic heterocycles. The number of nitriles is 1. The van der Waals surface area contributed by atoms with Gasteiger partial charge in [0.15, 0.2) is 0 Å². The number of hydrogen-bond donors (Lipinski definition) is 0. The van der Waals surface area contributed by atoms with Crippen LogP contribution in [0, 0.1) is 11.3 Å². The molecule has 0 saturated carbocycles. The third-order valence-corrected chi connectivity index (χ3v) is 3.92. The quantitative estimate of drug-likeness (QED) is 0.568. The standard InChI is InChI=1S/C20H12N6/c21-11-16-5-4-15(12-24-16)17-13-25-26-20(18-3-1-2-8-23-18)19(17)14-6-9-22-10-7-14/h1-10,12-13H. The van der Waals surface area contributed by atoms with Crippen LogP contribution in [-0.4, -0.2) is 25.1 Å². The van der Waals surface area contributed by atoms with Gasteiger partial charge in [-0.1, -0.05) is 6.07 Å². The predicted molar refractivity (Wildman–Crippen MR) is 96.4 cm³/mol. The summed E-state index contributed by atoms with van der Waals surface area (Å²) in [7, 11) is 0. The molecule has 0 aliphatic carbocycles. The molecule has 0 bridgehead atoms. The molecule has 6 heteroatoms. The zero-order valence-electron chi connectivity index (χ0n) is 13.6. The van der Waals surface area contributed by atoms with E-state index in [4.69, 9.17) is 5.26 Å². The number of pyridine rings is 3. The third-order valence-electron chi connectivity index (χ3n) is 3.92. The average Bonchev–Trinajstić information content (AvgIpc) is 2.74. The van der Waals surface area contributed by atoms with Crippen molar-refractivity contribution in [1.82, 2.24) is 25.1 Å². The van der Waals surface area contributed by atoms with E-state index in [1.54, 1.807) is 37.1 Å². The van der Waals surface area contributed by atoms with E-state index in [-0.39, 0.29) is 0 Å². The average molecular weight is 336 g/mol. The Morgan fingerprint density at radius 3 is 2.38 bits per heavy atom. The number of aromatic nitrogens is 5. The van der Waals surface area contributed by atoms with Gasteiger partial charge in [0.25, 0.3) is 0 Å². The summed E-state index contributed by atoms with van der Waals surface area (Å²) in [5.41, 5.74) is 5.34. The van der Waals surface area contributed by atoms with Crippen molar-refractivity contribution >= 4 is 0 Å². The molecule has 0 aliphatic heterocycles. The van der Waals surface area contributed by atoms with Crippen molar-refractivity contribution in [3.05, 3.63) is 79.1 Å². The van der Waals surface area contributed by atoms with Crippen LogP contribution in [-0.2, 0) is 0 Å². The van der Waals surface area contributed by atoms with Crippen molar-refractivity contribution in [3.63, 3.8) is 0 Å². The van der Waals surface area contributed by atoms with Crippen LogP contribution in [0.15, 0.2) is 73.4 Å². The molecule has 26 heavy (non-hydrogen) atoms. The van der Waals surface area contributed by atoms with Crippen molar-refractivity contribution in [1.29, 1.82) is 5.26 Å². The zero-order valence-corrected chi connectivity index (χ0v) is 13.6. The molecule has 0 N–H and O–H groups in total. The molecular weight excluding hydrogens is 324 g/mol. The lowest BCUT2D eigenvalue weighted by atomic mass is 9.95. The fraction of sp³-hybridized carbons (Fsp3) is 0. The first-order chi connectivity index (χ1) is 12.9. The van der Waals surface area contributed by atoms with Crippen LogP contribution in [0.1, 0.15) is 5.69 Å². The zero-order chi connectivity index (χ0) is 17.8. The van der Waals surface area contributed by atoms with Gasteiger partial charge in [-0.25, -0.2) is 4.98 Å². The van der Waals surface area contributed by atoms with Crippen molar-refractivity contribution in [2.24, 2.45) is 0 Å². The first-order valence-corrected chi connectivity index (χ1v) is 7.91. The summed E-state index contributed by atoms with van der Waals surface area (Å²) >= 11 is 0. The van der Waals surface area contributed by atoms with Crippen LogP contribution in [0.5, 0.6) is 0 Å². The highest BCUT2D eigenvalue weighted by Gasteiger charge is 2.17. The van der Waals surface area contributed by atoms with E-state index < -0.39 is 0 Å². The van der Waals surface area contributed by atoms with E-state index in [1.165, 1.54) is 0 Å². The molecule has 4 rings (SSSR count). The molecule has 0 radical (unpaired) electrons. The number of rotatable bonds is 3. The van der Waals surface area contributed by atoms with E-state index in [0.29, 0.717) is 11.4 Å². The molecule has 0 fully saturated rings. The molecule has 0 aliphatic rings. The molecule has 4 aromatic rings. The summed E-state index contributed by atoms with van der Waals surface area (Å²) in [6.45, 7) is 0. The largest absolute Gasteiger partial charge is 0.265 e. The van der Waals surface area contributed by atoms with Gasteiger partial charge in [0, 0.05) is 41.5 Å². The minimum atomic E-state index is 0.367. The summed E-state index contributed by atoms with van der Waals surface area (Å²) in [6.07, 6.45) is 8.56. The Bertz CT molecular complexity index is 1070. The van der Waals surface area contributed by atoms with Gasteiger partial charge in [-0.15, -0.1) is 5.10 Å². The Labute approximate surface area is 149 Å². The third kappa shape index (κ3) is 2.89. The van der Waals surface area contributed by atoms with Gasteiger partial charge < -0.3 is 0 Å². The second-order valence-corrected chi connectivity index (χ2v) is 5.48. The number of hydrogen-bond acceptors (Lipinski definition) is 6. The summed E-state index contributed by atoms with van der Waals surface area (Å²) in [4.78, 5) is 12.7. The van der Waals surface area contributed by atoms with Gasteiger partial charge in [-0.05, 0) is 42.0 Å². The lowest BCUT2D eigenvalue weighted by Gasteiger charge is -2.13. The van der Waals surface area contributed by atoms with E-state index in [9.17, 15) is 0 Å². The molecule has 0 aromatic carbocycles. The molecule has 122 valence electrons. The second kappa shape index (κ2) is 6.87. The molecule has 6 nitrogen and oxygen atoms in total. The first kappa shape index (κ1) is 15.5. The van der Waals surface area contributed by atoms with E-state index in [2.05, 4.69) is 25.1 Å². The van der Waals surface area contributed by atoms with Crippen molar-refractivity contribution in [3.8, 4) is 39.7 Å². The van der Waals surface area contributed by atoms with Crippen LogP contribution in [0.3, 0.4) is 0 Å². The minimum absolute atomic E-state index is 0.367. The molecule has 0 saturated heterocycles. The summed E-state index contributed by atoms with van der Waals surface area (Å²) in [6, 6.07) is 15.1. The molecular formula is C20H12N6. The first-order valence-electron chi connectivity index (χ1n) is 7.91. The predicted octanol–water partition coefficient (Wildman–Crippen LogP) is 3.53. The Balaban J connectivity index is 1.98. The Morgan fingerprint density at radius 2 is 1.69 bits per heavy atom. The maximum Gasteiger partial charge on any atom is 0.140 e. The van der Waals surface area contributed by atoms with Crippen LogP contribution in [0.25, 0.3) is 33.6 Å². The van der Waals surface area contributed by atoms with Gasteiger partial charge in [-0.2, -0.15) is 10.4 Å². The van der Waals surface area contributed by atoms with E-state index in [1.807, 2.05) is 42.5 Å². The fourth-order valence-corrected chi connectivity index (χ4v) is 2.72. The Morgan fingerprint density at radius 1 is 0.808 bits per heavy atom. The highest BCUT2D eigenvalue weighted by atomic mass is 15.1. The van der Waals surface area contributed by atoms with Crippen LogP contribution in [0.4, 0.5) is 0 Å². The van der Waals surface area contributed by atoms with Crippen molar-refractivity contribution < 1.29 is 0 Å². The summed E-state index contributed by atoms with van der Waals surface area (Å²) in [5.74, 6) is 0. The van der Waals surface area contributed by atoms with Gasteiger partial charge in [-0.3, -0.25) is 9.97 Å². The summed E-state index contributed by atoms with van der Waals surface area (Å²) in [5, 5.41) is 17.5. The molecule has 0 atom stereocenters. The van der Waals surface area contributed by atoms with Gasteiger partial charge in [0.05, 0.1) is 11.9 Å². The van der Waals surface area contributed by atoms with Gasteiger partial charge in [0.1, 0.15) is 17.5 Å². The van der Waals surface area contributed by atoms with E-state index >= 15 is 0 Å². The monoisotopic (exact) mass is 336 g/mol.